The van der Waals surface area contributed by atoms with Gasteiger partial charge < -0.3 is 63.3 Å². The van der Waals surface area contributed by atoms with Crippen molar-refractivity contribution in [3.05, 3.63) is 137 Å². The maximum atomic E-state index is 14.3. The van der Waals surface area contributed by atoms with Gasteiger partial charge in [-0.25, -0.2) is 4.79 Å². The molecule has 86 heavy (non-hydrogen) atoms. The molecule has 6 aromatic rings. The van der Waals surface area contributed by atoms with Crippen molar-refractivity contribution >= 4 is 84.1 Å². The number of aromatic hydroxyl groups is 2. The summed E-state index contributed by atoms with van der Waals surface area (Å²) in [5.41, 5.74) is 8.05. The highest BCUT2D eigenvalue weighted by molar-refractivity contribution is 8.77. The zero-order valence-electron chi connectivity index (χ0n) is 48.1. The number of aromatic nitrogens is 1. The normalized spacial score (nSPS) is 16.2. The zero-order chi connectivity index (χ0) is 60.7. The molecule has 1 aromatic heterocycles. The van der Waals surface area contributed by atoms with Crippen molar-refractivity contribution in [2.45, 2.75) is 68.4 Å². The van der Waals surface area contributed by atoms with Crippen molar-refractivity contribution in [1.29, 1.82) is 0 Å². The number of hydrogen-bond donors (Lipinski definition) is 4. The van der Waals surface area contributed by atoms with Gasteiger partial charge in [0.05, 0.1) is 81.8 Å². The van der Waals surface area contributed by atoms with Crippen molar-refractivity contribution < 1.29 is 75.6 Å². The number of methoxy groups -OCH3 is 3. The molecule has 5 heterocycles. The summed E-state index contributed by atoms with van der Waals surface area (Å²) in [5, 5.41) is 21.5. The fraction of sp³-hybridized carbons (Fsp3) is 0.377. The first-order valence-corrected chi connectivity index (χ1v) is 31.7. The maximum Gasteiger partial charge on any atom is 0.353 e. The van der Waals surface area contributed by atoms with E-state index in [0.717, 1.165) is 57.9 Å². The van der Waals surface area contributed by atoms with E-state index in [4.69, 9.17) is 43.0 Å². The predicted octanol–water partition coefficient (Wildman–Crippen LogP) is 8.31. The number of rotatable bonds is 28. The Labute approximate surface area is 506 Å². The van der Waals surface area contributed by atoms with Gasteiger partial charge in [-0.3, -0.25) is 24.0 Å². The van der Waals surface area contributed by atoms with Crippen LogP contribution in [0.5, 0.6) is 34.8 Å². The van der Waals surface area contributed by atoms with E-state index >= 15 is 0 Å². The molecule has 22 nitrogen and oxygen atoms in total. The van der Waals surface area contributed by atoms with E-state index in [9.17, 15) is 37.6 Å². The second-order valence-corrected chi connectivity index (χ2v) is 26.1. The number of amides is 2. The van der Waals surface area contributed by atoms with Gasteiger partial charge in [0.1, 0.15) is 13.2 Å². The van der Waals surface area contributed by atoms with E-state index in [-0.39, 0.29) is 55.9 Å². The van der Waals surface area contributed by atoms with Crippen LogP contribution < -0.4 is 43.8 Å². The molecular weight excluding hydrogens is 1170 g/mol. The molecular formula is C61H68N6O16S3. The summed E-state index contributed by atoms with van der Waals surface area (Å²) in [4.78, 5) is 57.1. The van der Waals surface area contributed by atoms with Crippen LogP contribution in [0.3, 0.4) is 0 Å². The van der Waals surface area contributed by atoms with Gasteiger partial charge in [-0.05, 0) is 91.4 Å². The molecule has 3 atom stereocenters. The quantitative estimate of drug-likeness (QED) is 0.0204. The number of anilines is 4. The number of para-hydroxylation sites is 2. The van der Waals surface area contributed by atoms with E-state index in [0.29, 0.717) is 103 Å². The Balaban J connectivity index is 0.926. The smallest absolute Gasteiger partial charge is 0.353 e. The molecule has 0 aliphatic carbocycles. The maximum absolute atomic E-state index is 14.3. The molecule has 4 aliphatic rings. The number of nitrogens with zero attached hydrogens (tertiary/aromatic N) is 5. The Kier molecular flexibility index (Phi) is 19.3. The van der Waals surface area contributed by atoms with Crippen LogP contribution in [0, 0.1) is 0 Å². The molecule has 0 saturated heterocycles. The monoisotopic (exact) mass is 1240 g/mol. The van der Waals surface area contributed by atoms with Crippen molar-refractivity contribution in [3.63, 3.8) is 0 Å². The Morgan fingerprint density at radius 2 is 1.36 bits per heavy atom. The summed E-state index contributed by atoms with van der Waals surface area (Å²) in [6.07, 6.45) is 2.80. The first-order valence-electron chi connectivity index (χ1n) is 27.8. The lowest BCUT2D eigenvalue weighted by Crippen LogP contribution is -2.39. The van der Waals surface area contributed by atoms with E-state index in [1.807, 2.05) is 79.4 Å². The third kappa shape index (κ3) is 13.9. The molecule has 0 bridgehead atoms. The predicted molar refractivity (Wildman–Crippen MR) is 328 cm³/mol. The van der Waals surface area contributed by atoms with Crippen LogP contribution in [0.4, 0.5) is 28.4 Å². The lowest BCUT2D eigenvalue weighted by atomic mass is 10.1. The van der Waals surface area contributed by atoms with Crippen LogP contribution in [-0.2, 0) is 55.2 Å². The van der Waals surface area contributed by atoms with Crippen LogP contribution in [-0.4, -0.2) is 154 Å². The summed E-state index contributed by atoms with van der Waals surface area (Å²) in [6.45, 7) is 7.23. The van der Waals surface area contributed by atoms with Crippen LogP contribution in [0.15, 0.2) is 108 Å². The van der Waals surface area contributed by atoms with Gasteiger partial charge in [-0.1, -0.05) is 58.0 Å². The third-order valence-corrected chi connectivity index (χ3v) is 19.4. The summed E-state index contributed by atoms with van der Waals surface area (Å²) in [7, 11) is 2.39. The average Bonchev–Trinajstić information content (AvgIpc) is 1.77. The fourth-order valence-corrected chi connectivity index (χ4v) is 14.3. The molecule has 0 fully saturated rings. The SMILES string of the molecule is COCCOCCOCCN(CC(C)(C)SSCCC(C(=O)On1c(O)ccc1O)S(=O)(=O)O)c1cc(COc2cc3c(cc2OC)C(=O)N2c4ccccc4CC2C=N3)cc(COc2cc3c(cc2OC)C(=O)N2c4ccccc4CC2CN3)c1. The van der Waals surface area contributed by atoms with Gasteiger partial charge in [0, 0.05) is 91.2 Å². The number of carbonyl (C=O) groups excluding carboxylic acids is 3. The summed E-state index contributed by atoms with van der Waals surface area (Å²) >= 11 is 0. The third-order valence-electron chi connectivity index (χ3n) is 14.9. The Bertz CT molecular complexity index is 3600. The minimum atomic E-state index is -4.97. The standard InChI is InChI=1S/C61H68N6O16S3/c1-61(2,85-84-23-16-55(86(73,74)75)60(72)83-67-56(68)14-15-57(67)69)37-64(17-18-79-21-22-80-20-19-76-3)42-25-38(35-81-53-31-47-45(29-51(53)77-4)58(70)65-43(33-62-47)27-40-10-6-8-12-49(40)65)24-39(26-42)36-82-54-32-48-46(30-52(54)78-5)59(71)66-44(34-63-48)28-41-11-7-9-13-50(41)66/h6-15,24-26,29-33,43-44,55,63,68-69H,16-23,27-28,34-37H2,1-5H3,(H,73,74,75). The first-order chi connectivity index (χ1) is 41.4. The Morgan fingerprint density at radius 1 is 0.756 bits per heavy atom. The lowest BCUT2D eigenvalue weighted by molar-refractivity contribution is -0.145. The number of nitrogens with one attached hydrogen (secondary N) is 1. The second kappa shape index (κ2) is 26.9. The van der Waals surface area contributed by atoms with Crippen LogP contribution in [0.25, 0.3) is 0 Å². The van der Waals surface area contributed by atoms with E-state index < -0.39 is 37.8 Å². The molecule has 5 aromatic carbocycles. The minimum absolute atomic E-state index is 0.0306. The molecule has 456 valence electrons. The highest BCUT2D eigenvalue weighted by Crippen LogP contribution is 2.44. The van der Waals surface area contributed by atoms with Gasteiger partial charge in [0.15, 0.2) is 28.2 Å². The summed E-state index contributed by atoms with van der Waals surface area (Å²) in [6, 6.07) is 30.4. The largest absolute Gasteiger partial charge is 0.493 e. The van der Waals surface area contributed by atoms with Crippen molar-refractivity contribution in [3.8, 4) is 34.8 Å². The molecule has 25 heteroatoms. The molecule has 10 rings (SSSR count). The number of hydrogen-bond acceptors (Lipinski definition) is 20. The highest BCUT2D eigenvalue weighted by atomic mass is 33.1. The first kappa shape index (κ1) is 61.4. The number of ether oxygens (including phenoxy) is 7. The Hall–Kier alpha value is -7.65. The number of carbonyl (C=O) groups is 3. The second-order valence-electron chi connectivity index (χ2n) is 21.4. The number of benzene rings is 5. The van der Waals surface area contributed by atoms with Crippen molar-refractivity contribution in [2.75, 3.05) is 99.8 Å². The van der Waals surface area contributed by atoms with Gasteiger partial charge in [0.25, 0.3) is 21.9 Å². The van der Waals surface area contributed by atoms with E-state index in [1.165, 1.54) is 35.8 Å². The molecule has 0 spiro atoms. The van der Waals surface area contributed by atoms with E-state index in [2.05, 4.69) is 16.3 Å². The molecule has 0 radical (unpaired) electrons. The average molecular weight is 1240 g/mol. The van der Waals surface area contributed by atoms with Gasteiger partial charge >= 0.3 is 5.97 Å². The lowest BCUT2D eigenvalue weighted by Gasteiger charge is -2.34. The van der Waals surface area contributed by atoms with Crippen LogP contribution >= 0.6 is 21.6 Å². The fourth-order valence-electron chi connectivity index (χ4n) is 10.8. The zero-order valence-corrected chi connectivity index (χ0v) is 50.6. The molecule has 0 saturated carbocycles. The molecule has 2 amide bonds. The van der Waals surface area contributed by atoms with Crippen LogP contribution in [0.2, 0.25) is 0 Å². The highest BCUT2D eigenvalue weighted by Gasteiger charge is 2.40. The molecule has 4 aliphatic heterocycles. The van der Waals surface area contributed by atoms with Gasteiger partial charge in [-0.15, -0.1) is 4.73 Å². The molecule has 3 unspecified atom stereocenters. The number of aliphatic imine (C=N–C) groups is 1. The number of fused-ring (bicyclic) bond motifs is 8. The Morgan fingerprint density at radius 3 is 2.02 bits per heavy atom. The topological polar surface area (TPSA) is 259 Å². The van der Waals surface area contributed by atoms with Gasteiger partial charge in [0.2, 0.25) is 11.8 Å². The van der Waals surface area contributed by atoms with Crippen LogP contribution in [0.1, 0.15) is 63.2 Å². The van der Waals surface area contributed by atoms with Gasteiger partial charge in [-0.2, -0.15) is 8.42 Å². The minimum Gasteiger partial charge on any atom is -0.493 e. The molecule has 4 N–H and O–H groups in total. The van der Waals surface area contributed by atoms with Crippen molar-refractivity contribution in [1.82, 2.24) is 4.73 Å². The van der Waals surface area contributed by atoms with E-state index in [1.54, 1.807) is 42.5 Å². The van der Waals surface area contributed by atoms with Crippen molar-refractivity contribution in [2.24, 2.45) is 4.99 Å². The summed E-state index contributed by atoms with van der Waals surface area (Å²) in [5.74, 6) is -1.50. The summed E-state index contributed by atoms with van der Waals surface area (Å²) < 4.78 is 76.7.